The van der Waals surface area contributed by atoms with Gasteiger partial charge in [-0.25, -0.2) is 0 Å². The van der Waals surface area contributed by atoms with Gasteiger partial charge in [-0.3, -0.25) is 4.98 Å². The Morgan fingerprint density at radius 1 is 1.28 bits per heavy atom. The highest BCUT2D eigenvalue weighted by atomic mass is 35.5. The molecule has 0 bridgehead atoms. The number of methoxy groups -OCH3 is 1. The van der Waals surface area contributed by atoms with Crippen molar-refractivity contribution in [3.8, 4) is 5.75 Å². The number of fused-ring (bicyclic) bond motifs is 1. The highest BCUT2D eigenvalue weighted by Gasteiger charge is 2.35. The van der Waals surface area contributed by atoms with Crippen LogP contribution < -0.4 is 4.74 Å². The first kappa shape index (κ1) is 13.0. The van der Waals surface area contributed by atoms with E-state index in [9.17, 15) is 13.2 Å². The molecule has 0 radical (unpaired) electrons. The minimum atomic E-state index is -4.49. The van der Waals surface area contributed by atoms with Crippen LogP contribution in [0.2, 0.25) is 5.02 Å². The summed E-state index contributed by atoms with van der Waals surface area (Å²) in [7, 11) is 1.19. The smallest absolute Gasteiger partial charge is 0.420 e. The van der Waals surface area contributed by atoms with Crippen LogP contribution in [-0.4, -0.2) is 12.1 Å². The lowest BCUT2D eigenvalue weighted by Crippen LogP contribution is -2.07. The maximum atomic E-state index is 12.8. The van der Waals surface area contributed by atoms with E-state index in [1.807, 2.05) is 0 Å². The number of aromatic nitrogens is 1. The second kappa shape index (κ2) is 4.31. The number of alkyl halides is 3. The first-order valence-corrected chi connectivity index (χ1v) is 5.42. The van der Waals surface area contributed by atoms with Gasteiger partial charge in [0.2, 0.25) is 0 Å². The van der Waals surface area contributed by atoms with E-state index >= 15 is 0 Å². The topological polar surface area (TPSA) is 22.1 Å². The molecule has 1 aromatic heterocycles. The van der Waals surface area contributed by atoms with E-state index in [1.165, 1.54) is 19.4 Å². The lowest BCUT2D eigenvalue weighted by Gasteiger charge is -2.13. The number of hydrogen-bond donors (Lipinski definition) is 0. The van der Waals surface area contributed by atoms with Crippen LogP contribution in [-0.2, 0) is 6.18 Å². The van der Waals surface area contributed by atoms with Crippen molar-refractivity contribution in [3.63, 3.8) is 0 Å². The molecule has 0 fully saturated rings. The van der Waals surface area contributed by atoms with E-state index in [0.29, 0.717) is 16.0 Å². The van der Waals surface area contributed by atoms with Crippen molar-refractivity contribution in [1.29, 1.82) is 0 Å². The van der Waals surface area contributed by atoms with Crippen molar-refractivity contribution in [1.82, 2.24) is 4.98 Å². The third-order valence-corrected chi connectivity index (χ3v) is 3.10. The van der Waals surface area contributed by atoms with E-state index in [0.717, 1.165) is 6.07 Å². The van der Waals surface area contributed by atoms with Gasteiger partial charge in [0.15, 0.2) is 0 Å². The van der Waals surface area contributed by atoms with Crippen LogP contribution in [0.4, 0.5) is 13.2 Å². The third kappa shape index (κ3) is 2.10. The number of aryl methyl sites for hydroxylation is 1. The number of pyridine rings is 1. The number of hydrogen-bond acceptors (Lipinski definition) is 2. The van der Waals surface area contributed by atoms with Gasteiger partial charge in [-0.1, -0.05) is 11.6 Å². The second-order valence-corrected chi connectivity index (χ2v) is 4.20. The Labute approximate surface area is 106 Å². The normalized spacial score (nSPS) is 11.9. The lowest BCUT2D eigenvalue weighted by molar-refractivity contribution is -0.138. The highest BCUT2D eigenvalue weighted by Crippen LogP contribution is 2.39. The van der Waals surface area contributed by atoms with Gasteiger partial charge in [-0.05, 0) is 24.6 Å². The maximum Gasteiger partial charge on any atom is 0.420 e. The number of nitrogens with zero attached hydrogens (tertiary/aromatic N) is 1. The summed E-state index contributed by atoms with van der Waals surface area (Å²) in [4.78, 5) is 3.95. The van der Waals surface area contributed by atoms with Crippen LogP contribution in [0, 0.1) is 6.92 Å². The summed E-state index contributed by atoms with van der Waals surface area (Å²) < 4.78 is 43.2. The van der Waals surface area contributed by atoms with Gasteiger partial charge < -0.3 is 4.74 Å². The van der Waals surface area contributed by atoms with Crippen molar-refractivity contribution in [3.05, 3.63) is 34.5 Å². The van der Waals surface area contributed by atoms with Gasteiger partial charge in [-0.15, -0.1) is 0 Å². The molecule has 2 nitrogen and oxygen atoms in total. The van der Waals surface area contributed by atoms with E-state index in [-0.39, 0.29) is 11.3 Å². The van der Waals surface area contributed by atoms with Gasteiger partial charge >= 0.3 is 6.18 Å². The van der Waals surface area contributed by atoms with Crippen LogP contribution in [0.15, 0.2) is 18.3 Å². The Morgan fingerprint density at radius 3 is 2.50 bits per heavy atom. The first-order valence-electron chi connectivity index (χ1n) is 5.04. The van der Waals surface area contributed by atoms with Gasteiger partial charge in [0.25, 0.3) is 0 Å². The molecule has 0 unspecified atom stereocenters. The zero-order chi connectivity index (χ0) is 13.5. The van der Waals surface area contributed by atoms with Crippen LogP contribution in [0.25, 0.3) is 10.9 Å². The number of benzene rings is 1. The summed E-state index contributed by atoms with van der Waals surface area (Å²) in [5, 5.41) is 0.827. The fraction of sp³-hybridized carbons (Fsp3) is 0.250. The Balaban J connectivity index is 2.81. The SMILES string of the molecule is COc1cc2c(Cl)c(C)cnc2cc1C(F)(F)F. The van der Waals surface area contributed by atoms with E-state index in [1.54, 1.807) is 6.92 Å². The molecule has 0 saturated carbocycles. The van der Waals surface area contributed by atoms with E-state index in [2.05, 4.69) is 4.98 Å². The largest absolute Gasteiger partial charge is 0.496 e. The van der Waals surface area contributed by atoms with Crippen molar-refractivity contribution < 1.29 is 17.9 Å². The molecule has 0 aliphatic rings. The summed E-state index contributed by atoms with van der Waals surface area (Å²) >= 11 is 6.04. The lowest BCUT2D eigenvalue weighted by atomic mass is 10.1. The molecule has 0 N–H and O–H groups in total. The highest BCUT2D eigenvalue weighted by molar-refractivity contribution is 6.36. The molecule has 0 aliphatic heterocycles. The van der Waals surface area contributed by atoms with E-state index < -0.39 is 11.7 Å². The molecule has 1 heterocycles. The van der Waals surface area contributed by atoms with Crippen LogP contribution in [0.5, 0.6) is 5.75 Å². The van der Waals surface area contributed by atoms with Crippen molar-refractivity contribution in [2.24, 2.45) is 0 Å². The van der Waals surface area contributed by atoms with Gasteiger partial charge in [0.05, 0.1) is 23.2 Å². The second-order valence-electron chi connectivity index (χ2n) is 3.82. The molecular formula is C12H9ClF3NO. The molecule has 0 amide bonds. The predicted octanol–water partition coefficient (Wildman–Crippen LogP) is 4.22. The van der Waals surface area contributed by atoms with Crippen molar-refractivity contribution in [2.75, 3.05) is 7.11 Å². The zero-order valence-electron chi connectivity index (χ0n) is 9.60. The summed E-state index contributed by atoms with van der Waals surface area (Å²) in [6, 6.07) is 2.21. The molecule has 0 atom stereocenters. The van der Waals surface area contributed by atoms with E-state index in [4.69, 9.17) is 16.3 Å². The monoisotopic (exact) mass is 275 g/mol. The Kier molecular flexibility index (Phi) is 3.11. The molecular weight excluding hydrogens is 267 g/mol. The molecule has 0 saturated heterocycles. The molecule has 0 spiro atoms. The summed E-state index contributed by atoms with van der Waals surface area (Å²) in [5.74, 6) is -0.260. The number of halogens is 4. The quantitative estimate of drug-likeness (QED) is 0.777. The molecule has 2 rings (SSSR count). The van der Waals surface area contributed by atoms with Gasteiger partial charge in [0, 0.05) is 11.6 Å². The third-order valence-electron chi connectivity index (χ3n) is 2.60. The standard InChI is InChI=1S/C12H9ClF3NO/c1-6-5-17-9-4-8(12(14,15)16)10(18-2)3-7(9)11(6)13/h3-5H,1-2H3. The molecule has 96 valence electrons. The van der Waals surface area contributed by atoms with Crippen LogP contribution in [0.3, 0.4) is 0 Å². The number of rotatable bonds is 1. The van der Waals surface area contributed by atoms with Gasteiger partial charge in [0.1, 0.15) is 5.75 Å². The summed E-state index contributed by atoms with van der Waals surface area (Å²) in [6.45, 7) is 1.74. The van der Waals surface area contributed by atoms with Gasteiger partial charge in [-0.2, -0.15) is 13.2 Å². The van der Waals surface area contributed by atoms with Crippen LogP contribution >= 0.6 is 11.6 Å². The molecule has 2 aromatic rings. The average molecular weight is 276 g/mol. The molecule has 18 heavy (non-hydrogen) atoms. The van der Waals surface area contributed by atoms with Crippen LogP contribution in [0.1, 0.15) is 11.1 Å². The van der Waals surface area contributed by atoms with Crippen molar-refractivity contribution in [2.45, 2.75) is 13.1 Å². The molecule has 0 aliphatic carbocycles. The Hall–Kier alpha value is -1.49. The summed E-state index contributed by atoms with van der Waals surface area (Å²) in [6.07, 6.45) is -3.05. The Bertz CT molecular complexity index is 610. The maximum absolute atomic E-state index is 12.8. The van der Waals surface area contributed by atoms with Crippen molar-refractivity contribution >= 4 is 22.5 Å². The summed E-state index contributed by atoms with van der Waals surface area (Å²) in [5.41, 5.74) is 0.0367. The molecule has 1 aromatic carbocycles. The fourth-order valence-corrected chi connectivity index (χ4v) is 1.88. The minimum Gasteiger partial charge on any atom is -0.496 e. The predicted molar refractivity (Wildman–Crippen MR) is 63.0 cm³/mol. The Morgan fingerprint density at radius 2 is 1.94 bits per heavy atom. The average Bonchev–Trinajstić information content (AvgIpc) is 2.31. The fourth-order valence-electron chi connectivity index (χ4n) is 1.68. The number of ether oxygens (including phenoxy) is 1. The first-order chi connectivity index (χ1) is 8.34. The molecule has 6 heteroatoms. The zero-order valence-corrected chi connectivity index (χ0v) is 10.4. The minimum absolute atomic E-state index is 0.193.